The first-order chi connectivity index (χ1) is 13.8. The minimum Gasteiger partial charge on any atom is -0.493 e. The largest absolute Gasteiger partial charge is 0.493 e. The summed E-state index contributed by atoms with van der Waals surface area (Å²) < 4.78 is 21.7. The molecule has 2 rings (SSSR count). The molecule has 1 atom stereocenters. The van der Waals surface area contributed by atoms with E-state index in [9.17, 15) is 0 Å². The summed E-state index contributed by atoms with van der Waals surface area (Å²) in [7, 11) is 5.10. The Kier molecular flexibility index (Phi) is 10.5. The Hall–Kier alpha value is -1.99. The second-order valence-corrected chi connectivity index (χ2v) is 6.88. The Morgan fingerprint density at radius 2 is 1.93 bits per heavy atom. The van der Waals surface area contributed by atoms with Gasteiger partial charge in [0.25, 0.3) is 0 Å². The number of hydrogen-bond donors (Lipinski definition) is 2. The van der Waals surface area contributed by atoms with Gasteiger partial charge in [0, 0.05) is 39.3 Å². The highest BCUT2D eigenvalue weighted by Crippen LogP contribution is 2.27. The van der Waals surface area contributed by atoms with Gasteiger partial charge in [-0.1, -0.05) is 6.07 Å². The molecular formula is C21H35N3O4. The van der Waals surface area contributed by atoms with Crippen molar-refractivity contribution < 1.29 is 18.9 Å². The molecule has 0 radical (unpaired) electrons. The van der Waals surface area contributed by atoms with E-state index >= 15 is 0 Å². The van der Waals surface area contributed by atoms with Crippen molar-refractivity contribution in [1.29, 1.82) is 0 Å². The molecule has 1 aliphatic heterocycles. The van der Waals surface area contributed by atoms with Crippen LogP contribution in [0.4, 0.5) is 0 Å². The fourth-order valence-corrected chi connectivity index (χ4v) is 3.10. The second kappa shape index (κ2) is 13.2. The van der Waals surface area contributed by atoms with Crippen LogP contribution in [0.25, 0.3) is 0 Å². The third-order valence-corrected chi connectivity index (χ3v) is 4.74. The van der Waals surface area contributed by atoms with E-state index in [2.05, 4.69) is 21.7 Å². The van der Waals surface area contributed by atoms with E-state index in [1.165, 1.54) is 5.56 Å². The summed E-state index contributed by atoms with van der Waals surface area (Å²) in [5, 5.41) is 6.68. The van der Waals surface area contributed by atoms with Crippen LogP contribution in [-0.2, 0) is 15.9 Å². The van der Waals surface area contributed by atoms with E-state index in [0.29, 0.717) is 5.92 Å². The molecule has 0 aromatic heterocycles. The molecule has 1 fully saturated rings. The quantitative estimate of drug-likeness (QED) is 0.322. The highest BCUT2D eigenvalue weighted by Gasteiger charge is 2.15. The Bertz CT molecular complexity index is 589. The lowest BCUT2D eigenvalue weighted by Crippen LogP contribution is -2.38. The third-order valence-electron chi connectivity index (χ3n) is 4.74. The van der Waals surface area contributed by atoms with Gasteiger partial charge in [0.2, 0.25) is 0 Å². The van der Waals surface area contributed by atoms with Crippen molar-refractivity contribution in [2.75, 3.05) is 60.8 Å². The van der Waals surface area contributed by atoms with Crippen LogP contribution in [0, 0.1) is 5.92 Å². The average Bonchev–Trinajstić information content (AvgIpc) is 3.25. The van der Waals surface area contributed by atoms with E-state index in [1.54, 1.807) is 21.3 Å². The predicted octanol–water partition coefficient (Wildman–Crippen LogP) is 2.24. The number of nitrogens with zero attached hydrogens (tertiary/aromatic N) is 1. The Morgan fingerprint density at radius 1 is 1.14 bits per heavy atom. The number of guanidine groups is 1. The van der Waals surface area contributed by atoms with Gasteiger partial charge in [-0.3, -0.25) is 4.99 Å². The van der Waals surface area contributed by atoms with Gasteiger partial charge >= 0.3 is 0 Å². The number of benzene rings is 1. The van der Waals surface area contributed by atoms with Crippen molar-refractivity contribution in [3.8, 4) is 11.5 Å². The number of methoxy groups -OCH3 is 2. The van der Waals surface area contributed by atoms with Gasteiger partial charge in [-0.2, -0.15) is 0 Å². The highest BCUT2D eigenvalue weighted by atomic mass is 16.5. The maximum Gasteiger partial charge on any atom is 0.190 e. The van der Waals surface area contributed by atoms with Crippen LogP contribution in [0.1, 0.15) is 24.8 Å². The Labute approximate surface area is 168 Å². The number of nitrogens with one attached hydrogen (secondary N) is 2. The molecule has 1 saturated heterocycles. The zero-order valence-corrected chi connectivity index (χ0v) is 17.5. The molecule has 28 heavy (non-hydrogen) atoms. The van der Waals surface area contributed by atoms with Crippen molar-refractivity contribution in [1.82, 2.24) is 10.6 Å². The van der Waals surface area contributed by atoms with Crippen molar-refractivity contribution >= 4 is 5.96 Å². The predicted molar refractivity (Wildman–Crippen MR) is 112 cm³/mol. The van der Waals surface area contributed by atoms with Crippen molar-refractivity contribution in [3.05, 3.63) is 23.8 Å². The molecule has 2 N–H and O–H groups in total. The summed E-state index contributed by atoms with van der Waals surface area (Å²) in [6.45, 7) is 4.99. The fraction of sp³-hybridized carbons (Fsp3) is 0.667. The van der Waals surface area contributed by atoms with Crippen LogP contribution in [0.5, 0.6) is 11.5 Å². The van der Waals surface area contributed by atoms with E-state index in [0.717, 1.165) is 82.7 Å². The lowest BCUT2D eigenvalue weighted by Gasteiger charge is -2.13. The van der Waals surface area contributed by atoms with Crippen LogP contribution < -0.4 is 20.1 Å². The monoisotopic (exact) mass is 393 g/mol. The summed E-state index contributed by atoms with van der Waals surface area (Å²) in [5.74, 6) is 2.94. The van der Waals surface area contributed by atoms with Crippen LogP contribution in [-0.4, -0.2) is 66.7 Å². The highest BCUT2D eigenvalue weighted by molar-refractivity contribution is 5.79. The smallest absolute Gasteiger partial charge is 0.190 e. The first-order valence-electron chi connectivity index (χ1n) is 10.1. The standard InChI is InChI=1S/C21H35N3O4/c1-22-21(24-11-5-12-27-15-18-9-13-28-16-18)23-10-4-6-17-7-8-19(25-2)20(14-17)26-3/h7-8,14,18H,4-6,9-13,15-16H2,1-3H3,(H2,22,23,24). The van der Waals surface area contributed by atoms with Gasteiger partial charge in [0.15, 0.2) is 17.5 Å². The van der Waals surface area contributed by atoms with Gasteiger partial charge in [-0.25, -0.2) is 0 Å². The van der Waals surface area contributed by atoms with Crippen LogP contribution in [0.2, 0.25) is 0 Å². The van der Waals surface area contributed by atoms with Gasteiger partial charge < -0.3 is 29.6 Å². The molecule has 1 heterocycles. The summed E-state index contributed by atoms with van der Waals surface area (Å²) in [6, 6.07) is 6.06. The van der Waals surface area contributed by atoms with Gasteiger partial charge in [0.05, 0.1) is 27.4 Å². The van der Waals surface area contributed by atoms with Crippen molar-refractivity contribution in [2.24, 2.45) is 10.9 Å². The number of rotatable bonds is 12. The maximum atomic E-state index is 5.72. The number of aryl methyl sites for hydroxylation is 1. The molecule has 1 aromatic carbocycles. The minimum absolute atomic E-state index is 0.577. The van der Waals surface area contributed by atoms with Crippen LogP contribution in [0.3, 0.4) is 0 Å². The molecule has 1 aromatic rings. The molecule has 0 saturated carbocycles. The molecule has 1 aliphatic rings. The summed E-state index contributed by atoms with van der Waals surface area (Å²) in [6.07, 6.45) is 4.05. The van der Waals surface area contributed by atoms with Crippen molar-refractivity contribution in [2.45, 2.75) is 25.7 Å². The third kappa shape index (κ3) is 7.94. The van der Waals surface area contributed by atoms with E-state index in [4.69, 9.17) is 18.9 Å². The topological polar surface area (TPSA) is 73.3 Å². The fourth-order valence-electron chi connectivity index (χ4n) is 3.10. The molecule has 0 bridgehead atoms. The average molecular weight is 394 g/mol. The molecular weight excluding hydrogens is 358 g/mol. The van der Waals surface area contributed by atoms with E-state index in [-0.39, 0.29) is 0 Å². The van der Waals surface area contributed by atoms with Gasteiger partial charge in [0.1, 0.15) is 0 Å². The molecule has 0 amide bonds. The van der Waals surface area contributed by atoms with E-state index in [1.807, 2.05) is 12.1 Å². The number of ether oxygens (including phenoxy) is 4. The molecule has 0 spiro atoms. The maximum absolute atomic E-state index is 5.72. The Balaban J connectivity index is 1.54. The Morgan fingerprint density at radius 3 is 2.61 bits per heavy atom. The summed E-state index contributed by atoms with van der Waals surface area (Å²) in [5.41, 5.74) is 1.23. The lowest BCUT2D eigenvalue weighted by molar-refractivity contribution is 0.0888. The SMILES string of the molecule is CN=C(NCCCOCC1CCOC1)NCCCc1ccc(OC)c(OC)c1. The van der Waals surface area contributed by atoms with Crippen molar-refractivity contribution in [3.63, 3.8) is 0 Å². The van der Waals surface area contributed by atoms with Crippen LogP contribution >= 0.6 is 0 Å². The molecule has 158 valence electrons. The van der Waals surface area contributed by atoms with E-state index < -0.39 is 0 Å². The number of hydrogen-bond acceptors (Lipinski definition) is 5. The lowest BCUT2D eigenvalue weighted by atomic mass is 10.1. The number of aliphatic imine (C=N–C) groups is 1. The molecule has 7 heteroatoms. The minimum atomic E-state index is 0.577. The normalized spacial score (nSPS) is 16.8. The van der Waals surface area contributed by atoms with Gasteiger partial charge in [-0.15, -0.1) is 0 Å². The second-order valence-electron chi connectivity index (χ2n) is 6.88. The first kappa shape index (κ1) is 22.3. The van der Waals surface area contributed by atoms with Gasteiger partial charge in [-0.05, 0) is 43.4 Å². The molecule has 7 nitrogen and oxygen atoms in total. The zero-order valence-electron chi connectivity index (χ0n) is 17.5. The summed E-state index contributed by atoms with van der Waals surface area (Å²) in [4.78, 5) is 4.26. The molecule has 1 unspecified atom stereocenters. The van der Waals surface area contributed by atoms with Crippen LogP contribution in [0.15, 0.2) is 23.2 Å². The first-order valence-corrected chi connectivity index (χ1v) is 10.1. The zero-order chi connectivity index (χ0) is 20.0. The summed E-state index contributed by atoms with van der Waals surface area (Å²) >= 11 is 0. The molecule has 0 aliphatic carbocycles.